The van der Waals surface area contributed by atoms with E-state index in [2.05, 4.69) is 11.4 Å². The summed E-state index contributed by atoms with van der Waals surface area (Å²) in [5.74, 6) is -3.53. The van der Waals surface area contributed by atoms with Gasteiger partial charge in [0.1, 0.15) is 17.7 Å². The predicted molar refractivity (Wildman–Crippen MR) is 168 cm³/mol. The predicted octanol–water partition coefficient (Wildman–Crippen LogP) is 5.95. The van der Waals surface area contributed by atoms with Crippen molar-refractivity contribution in [3.8, 4) is 11.8 Å². The Balaban J connectivity index is 1.56. The molecular weight excluding hydrogens is 628 g/mol. The van der Waals surface area contributed by atoms with Crippen LogP contribution < -0.4 is 10.2 Å². The van der Waals surface area contributed by atoms with Crippen molar-refractivity contribution in [3.63, 3.8) is 0 Å². The molecule has 3 aromatic rings. The molecule has 248 valence electrons. The van der Waals surface area contributed by atoms with Crippen LogP contribution in [0, 0.1) is 22.7 Å². The maximum absolute atomic E-state index is 14.5. The Morgan fingerprint density at radius 2 is 1.90 bits per heavy atom. The molecule has 3 heterocycles. The molecule has 1 fully saturated rings. The minimum absolute atomic E-state index is 0.00589. The summed E-state index contributed by atoms with van der Waals surface area (Å²) in [5.41, 5.74) is -1.51. The maximum Gasteiger partial charge on any atom is 0.416 e. The molecule has 3 aliphatic rings. The molecule has 0 saturated carbocycles. The van der Waals surface area contributed by atoms with Gasteiger partial charge in [0.2, 0.25) is 0 Å². The second kappa shape index (κ2) is 12.4. The molecule has 2 aromatic carbocycles. The number of alkyl halides is 3. The van der Waals surface area contributed by atoms with Crippen LogP contribution in [0.4, 0.5) is 23.4 Å². The van der Waals surface area contributed by atoms with Gasteiger partial charge in [-0.15, -0.1) is 0 Å². The molecule has 0 radical (unpaired) electrons. The number of halogens is 4. The van der Waals surface area contributed by atoms with E-state index in [4.69, 9.17) is 5.10 Å². The number of likely N-dealkylation sites (tertiary alicyclic amines) is 1. The van der Waals surface area contributed by atoms with E-state index < -0.39 is 52.7 Å². The second-order valence-corrected chi connectivity index (χ2v) is 12.4. The number of aromatic nitrogens is 2. The largest absolute Gasteiger partial charge is 0.416 e. The molecule has 0 spiro atoms. The number of nitrogens with one attached hydrogen (secondary N) is 1. The van der Waals surface area contributed by atoms with E-state index >= 15 is 0 Å². The Morgan fingerprint density at radius 3 is 2.52 bits per heavy atom. The van der Waals surface area contributed by atoms with Crippen LogP contribution in [0.5, 0.6) is 0 Å². The van der Waals surface area contributed by atoms with Crippen molar-refractivity contribution in [2.75, 3.05) is 24.5 Å². The summed E-state index contributed by atoms with van der Waals surface area (Å²) >= 11 is 0. The third kappa shape index (κ3) is 5.76. The maximum atomic E-state index is 14.5. The van der Waals surface area contributed by atoms with E-state index in [1.165, 1.54) is 32.7 Å². The van der Waals surface area contributed by atoms with Gasteiger partial charge in [-0.2, -0.15) is 23.5 Å². The van der Waals surface area contributed by atoms with E-state index in [1.807, 2.05) is 0 Å². The summed E-state index contributed by atoms with van der Waals surface area (Å²) in [6.07, 6.45) is 0.0538. The number of nitrogens with zero attached hydrogens (tertiary/aromatic N) is 5. The van der Waals surface area contributed by atoms with Crippen LogP contribution in [0.3, 0.4) is 0 Å². The highest BCUT2D eigenvalue weighted by atomic mass is 19.4. The third-order valence-corrected chi connectivity index (χ3v) is 9.32. The Bertz CT molecular complexity index is 1880. The fourth-order valence-electron chi connectivity index (χ4n) is 6.83. The van der Waals surface area contributed by atoms with Gasteiger partial charge in [-0.1, -0.05) is 37.3 Å². The molecule has 1 saturated heterocycles. The molecule has 48 heavy (non-hydrogen) atoms. The second-order valence-electron chi connectivity index (χ2n) is 12.4. The average Bonchev–Trinajstić information content (AvgIpc) is 3.72. The molecule has 13 heteroatoms. The monoisotopic (exact) mass is 660 g/mol. The number of nitriles is 1. The van der Waals surface area contributed by atoms with Gasteiger partial charge in [-0.05, 0) is 67.7 Å². The number of carbonyl (C=O) groups is 3. The first-order chi connectivity index (χ1) is 22.9. The van der Waals surface area contributed by atoms with E-state index in [9.17, 15) is 37.2 Å². The number of para-hydroxylation sites is 1. The first-order valence-corrected chi connectivity index (χ1v) is 15.6. The van der Waals surface area contributed by atoms with Crippen LogP contribution in [-0.4, -0.2) is 58.1 Å². The number of likely N-dealkylation sites (N-methyl/N-ethyl adjacent to an activating group) is 1. The van der Waals surface area contributed by atoms with Gasteiger partial charge in [0.15, 0.2) is 5.69 Å². The van der Waals surface area contributed by atoms with Crippen LogP contribution in [0.15, 0.2) is 78.7 Å². The molecular formula is C35H32F4N6O3. The average molecular weight is 661 g/mol. The molecule has 4 atom stereocenters. The summed E-state index contributed by atoms with van der Waals surface area (Å²) in [6, 6.07) is 13.6. The molecule has 1 aliphatic carbocycles. The Kier molecular flexibility index (Phi) is 8.45. The molecule has 9 nitrogen and oxygen atoms in total. The first-order valence-electron chi connectivity index (χ1n) is 15.6. The lowest BCUT2D eigenvalue weighted by Gasteiger charge is -2.46. The van der Waals surface area contributed by atoms with Gasteiger partial charge in [0.25, 0.3) is 17.7 Å². The van der Waals surface area contributed by atoms with E-state index in [1.54, 1.807) is 50.3 Å². The van der Waals surface area contributed by atoms with Crippen molar-refractivity contribution in [2.24, 2.45) is 11.3 Å². The summed E-state index contributed by atoms with van der Waals surface area (Å²) in [4.78, 5) is 45.5. The normalized spacial score (nSPS) is 23.8. The molecule has 3 amide bonds. The number of hydrogen-bond acceptors (Lipinski definition) is 5. The fraction of sp³-hybridized carbons (Fsp3) is 0.343. The lowest BCUT2D eigenvalue weighted by atomic mass is 9.64. The number of allylic oxidation sites excluding steroid dienone is 4. The van der Waals surface area contributed by atoms with Gasteiger partial charge in [-0.3, -0.25) is 19.3 Å². The molecule has 1 aromatic heterocycles. The zero-order valence-corrected chi connectivity index (χ0v) is 26.2. The van der Waals surface area contributed by atoms with E-state index in [-0.39, 0.29) is 36.7 Å². The Labute approximate surface area is 274 Å². The van der Waals surface area contributed by atoms with Crippen LogP contribution in [-0.2, 0) is 11.0 Å². The number of rotatable bonds is 6. The smallest absolute Gasteiger partial charge is 0.340 e. The minimum atomic E-state index is -4.70. The first kappa shape index (κ1) is 32.7. The quantitative estimate of drug-likeness (QED) is 0.329. The summed E-state index contributed by atoms with van der Waals surface area (Å²) < 4.78 is 56.5. The number of hydrogen-bond donors (Lipinski definition) is 1. The molecule has 0 bridgehead atoms. The molecule has 1 N–H and O–H groups in total. The van der Waals surface area contributed by atoms with Crippen molar-refractivity contribution in [1.82, 2.24) is 20.0 Å². The molecule has 2 aliphatic heterocycles. The summed E-state index contributed by atoms with van der Waals surface area (Å²) in [7, 11) is 0. The van der Waals surface area contributed by atoms with Gasteiger partial charge in [-0.25, -0.2) is 9.07 Å². The van der Waals surface area contributed by atoms with Crippen LogP contribution in [0.25, 0.3) is 5.69 Å². The van der Waals surface area contributed by atoms with E-state index in [0.29, 0.717) is 36.1 Å². The third-order valence-electron chi connectivity index (χ3n) is 9.32. The number of carbonyl (C=O) groups excluding carboxylic acids is 3. The number of benzene rings is 2. The van der Waals surface area contributed by atoms with Gasteiger partial charge < -0.3 is 10.2 Å². The number of amides is 3. The van der Waals surface area contributed by atoms with E-state index in [0.717, 1.165) is 12.1 Å². The highest BCUT2D eigenvalue weighted by Gasteiger charge is 2.53. The van der Waals surface area contributed by atoms with Gasteiger partial charge in [0.05, 0.1) is 23.2 Å². The molecule has 1 unspecified atom stereocenters. The fourth-order valence-corrected chi connectivity index (χ4v) is 6.83. The highest BCUT2D eigenvalue weighted by Crippen LogP contribution is 2.52. The van der Waals surface area contributed by atoms with Crippen LogP contribution >= 0.6 is 0 Å². The Hall–Kier alpha value is -5.25. The zero-order chi connectivity index (χ0) is 34.4. The standard InChI is InChI=1S/C35H32F4N6O3/c1-3-44-31-26(28(32(47)43-17-14-21(19-40)20-43)42-45(31)25-10-5-4-6-11-25)27(34(2)15-12-24(36)13-16-34)29(33(44)48)41-30(46)22-8-7-9-23(18-22)35(37,38)39/h4-13,15,18,21,27,29H,3,14,16-17,20H2,1-2H3,(H,41,46)/t21-,27+,29+,34?/m1/s1. The lowest BCUT2D eigenvalue weighted by Crippen LogP contribution is -2.58. The minimum Gasteiger partial charge on any atom is -0.340 e. The number of anilines is 1. The Morgan fingerprint density at radius 1 is 1.15 bits per heavy atom. The summed E-state index contributed by atoms with van der Waals surface area (Å²) in [6.45, 7) is 4.09. The highest BCUT2D eigenvalue weighted by molar-refractivity contribution is 6.07. The van der Waals surface area contributed by atoms with Crippen molar-refractivity contribution in [1.29, 1.82) is 5.26 Å². The zero-order valence-electron chi connectivity index (χ0n) is 26.2. The van der Waals surface area contributed by atoms with Crippen molar-refractivity contribution in [3.05, 3.63) is 101 Å². The van der Waals surface area contributed by atoms with Crippen molar-refractivity contribution < 1.29 is 31.9 Å². The van der Waals surface area contributed by atoms with Crippen molar-refractivity contribution >= 4 is 23.5 Å². The topological polar surface area (TPSA) is 111 Å². The van der Waals surface area contributed by atoms with Crippen molar-refractivity contribution in [2.45, 2.75) is 44.8 Å². The summed E-state index contributed by atoms with van der Waals surface area (Å²) in [5, 5.41) is 17.0. The lowest BCUT2D eigenvalue weighted by molar-refractivity contribution is -0.137. The van der Waals surface area contributed by atoms with Crippen LogP contribution in [0.2, 0.25) is 0 Å². The van der Waals surface area contributed by atoms with Gasteiger partial charge >= 0.3 is 6.18 Å². The van der Waals surface area contributed by atoms with Crippen LogP contribution in [0.1, 0.15) is 64.6 Å². The SMILES string of the molecule is CCN1C(=O)[C@@H](NC(=O)c2cccc(C(F)(F)F)c2)[C@@H](C2(C)C=CC(F)=CC2)c2c(C(=O)N3CC[C@H](C#N)C3)nn(-c3ccccc3)c21. The number of fused-ring (bicyclic) bond motifs is 1. The van der Waals surface area contributed by atoms with Gasteiger partial charge in [0, 0.05) is 36.7 Å². The molecule has 6 rings (SSSR count).